The quantitative estimate of drug-likeness (QED) is 0.481. The highest BCUT2D eigenvalue weighted by Gasteiger charge is 2.25. The molecule has 1 amide bonds. The van der Waals surface area contributed by atoms with Crippen molar-refractivity contribution in [1.82, 2.24) is 14.5 Å². The summed E-state index contributed by atoms with van der Waals surface area (Å²) in [6.45, 7) is 9.09. The van der Waals surface area contributed by atoms with E-state index in [-0.39, 0.29) is 35.8 Å². The third-order valence-corrected chi connectivity index (χ3v) is 6.14. The van der Waals surface area contributed by atoms with Crippen molar-refractivity contribution in [3.63, 3.8) is 0 Å². The topological polar surface area (TPSA) is 81.5 Å². The molecular formula is C22H31N3O4S. The van der Waals surface area contributed by atoms with Crippen molar-refractivity contribution in [1.29, 1.82) is 0 Å². The van der Waals surface area contributed by atoms with E-state index in [9.17, 15) is 13.2 Å². The standard InChI is InChI=1S/C22H31N3O4S/c1-5-11-25-20(16-24(12-13-29-4)21(26)14-18(2)3)15-23-22(25)30(27,28)17-19-9-7-6-8-10-19/h5-10,15,18H,1,11-14,16-17H2,2-4H3. The summed E-state index contributed by atoms with van der Waals surface area (Å²) in [6, 6.07) is 9.00. The number of hydrogen-bond acceptors (Lipinski definition) is 5. The van der Waals surface area contributed by atoms with Gasteiger partial charge in [-0.1, -0.05) is 50.3 Å². The van der Waals surface area contributed by atoms with E-state index in [1.54, 1.807) is 46.9 Å². The Morgan fingerprint density at radius 2 is 2.00 bits per heavy atom. The van der Waals surface area contributed by atoms with Gasteiger partial charge in [0.05, 0.1) is 30.8 Å². The van der Waals surface area contributed by atoms with E-state index in [2.05, 4.69) is 11.6 Å². The molecule has 7 nitrogen and oxygen atoms in total. The molecule has 164 valence electrons. The lowest BCUT2D eigenvalue weighted by atomic mass is 10.1. The molecule has 0 N–H and O–H groups in total. The maximum Gasteiger partial charge on any atom is 0.228 e. The third-order valence-electron chi connectivity index (χ3n) is 4.54. The van der Waals surface area contributed by atoms with Crippen LogP contribution in [0.4, 0.5) is 0 Å². The van der Waals surface area contributed by atoms with Gasteiger partial charge in [0.2, 0.25) is 20.9 Å². The van der Waals surface area contributed by atoms with E-state index >= 15 is 0 Å². The zero-order valence-electron chi connectivity index (χ0n) is 18.0. The van der Waals surface area contributed by atoms with Crippen LogP contribution in [0.5, 0.6) is 0 Å². The molecule has 0 aliphatic heterocycles. The number of imidazole rings is 1. The molecule has 1 aromatic heterocycles. The molecular weight excluding hydrogens is 402 g/mol. The van der Waals surface area contributed by atoms with Crippen molar-refractivity contribution in [3.8, 4) is 0 Å². The zero-order valence-corrected chi connectivity index (χ0v) is 18.8. The molecule has 0 saturated carbocycles. The molecule has 0 spiro atoms. The van der Waals surface area contributed by atoms with Crippen molar-refractivity contribution in [2.75, 3.05) is 20.3 Å². The van der Waals surface area contributed by atoms with Crippen molar-refractivity contribution < 1.29 is 17.9 Å². The lowest BCUT2D eigenvalue weighted by molar-refractivity contribution is -0.133. The van der Waals surface area contributed by atoms with Crippen molar-refractivity contribution in [2.24, 2.45) is 5.92 Å². The average molecular weight is 434 g/mol. The molecule has 2 aromatic rings. The van der Waals surface area contributed by atoms with Gasteiger partial charge in [-0.15, -0.1) is 6.58 Å². The van der Waals surface area contributed by atoms with Crippen LogP contribution in [-0.2, 0) is 38.2 Å². The minimum atomic E-state index is -3.66. The predicted octanol–water partition coefficient (Wildman–Crippen LogP) is 3.06. The first kappa shape index (κ1) is 23.8. The highest BCUT2D eigenvalue weighted by atomic mass is 32.2. The van der Waals surface area contributed by atoms with Gasteiger partial charge in [0.25, 0.3) is 0 Å². The largest absolute Gasteiger partial charge is 0.383 e. The van der Waals surface area contributed by atoms with E-state index in [1.165, 1.54) is 6.20 Å². The number of carbonyl (C=O) groups is 1. The van der Waals surface area contributed by atoms with Crippen LogP contribution in [0.1, 0.15) is 31.5 Å². The lowest BCUT2D eigenvalue weighted by Gasteiger charge is -2.24. The second kappa shape index (κ2) is 11.1. The Kier molecular flexibility index (Phi) is 8.80. The molecule has 0 radical (unpaired) electrons. The summed E-state index contributed by atoms with van der Waals surface area (Å²) in [7, 11) is -2.08. The Morgan fingerprint density at radius 1 is 1.30 bits per heavy atom. The van der Waals surface area contributed by atoms with Gasteiger partial charge in [0, 0.05) is 26.6 Å². The van der Waals surface area contributed by atoms with E-state index in [1.807, 2.05) is 19.9 Å². The normalized spacial score (nSPS) is 11.6. The average Bonchev–Trinajstić information content (AvgIpc) is 3.08. The van der Waals surface area contributed by atoms with Gasteiger partial charge in [0.1, 0.15) is 0 Å². The van der Waals surface area contributed by atoms with Crippen LogP contribution >= 0.6 is 0 Å². The van der Waals surface area contributed by atoms with Gasteiger partial charge < -0.3 is 14.2 Å². The Balaban J connectivity index is 2.33. The van der Waals surface area contributed by atoms with Gasteiger partial charge in [-0.3, -0.25) is 4.79 Å². The van der Waals surface area contributed by atoms with Crippen LogP contribution in [-0.4, -0.2) is 49.0 Å². The number of methoxy groups -OCH3 is 1. The summed E-state index contributed by atoms with van der Waals surface area (Å²) >= 11 is 0. The molecule has 0 fully saturated rings. The van der Waals surface area contributed by atoms with Crippen LogP contribution in [0.15, 0.2) is 54.3 Å². The molecule has 0 aliphatic rings. The van der Waals surface area contributed by atoms with Gasteiger partial charge in [-0.2, -0.15) is 0 Å². The maximum absolute atomic E-state index is 13.0. The minimum Gasteiger partial charge on any atom is -0.383 e. The summed E-state index contributed by atoms with van der Waals surface area (Å²) in [5, 5.41) is -0.00995. The number of ether oxygens (including phenoxy) is 1. The fraction of sp³-hybridized carbons (Fsp3) is 0.455. The van der Waals surface area contributed by atoms with Crippen molar-refractivity contribution >= 4 is 15.7 Å². The molecule has 0 saturated heterocycles. The molecule has 2 rings (SSSR count). The third kappa shape index (κ3) is 6.53. The predicted molar refractivity (Wildman–Crippen MR) is 117 cm³/mol. The van der Waals surface area contributed by atoms with E-state index in [0.717, 1.165) is 0 Å². The van der Waals surface area contributed by atoms with E-state index in [0.29, 0.717) is 30.8 Å². The fourth-order valence-corrected chi connectivity index (χ4v) is 4.62. The van der Waals surface area contributed by atoms with Gasteiger partial charge >= 0.3 is 0 Å². The number of amides is 1. The zero-order chi connectivity index (χ0) is 22.1. The highest BCUT2D eigenvalue weighted by molar-refractivity contribution is 7.90. The number of aromatic nitrogens is 2. The smallest absolute Gasteiger partial charge is 0.228 e. The number of sulfone groups is 1. The van der Waals surface area contributed by atoms with E-state index < -0.39 is 9.84 Å². The molecule has 1 heterocycles. The Hall–Kier alpha value is -2.45. The van der Waals surface area contributed by atoms with Crippen LogP contribution in [0.2, 0.25) is 0 Å². The number of rotatable bonds is 12. The van der Waals surface area contributed by atoms with E-state index in [4.69, 9.17) is 4.74 Å². The highest BCUT2D eigenvalue weighted by Crippen LogP contribution is 2.19. The van der Waals surface area contributed by atoms with Crippen LogP contribution < -0.4 is 0 Å². The molecule has 0 unspecified atom stereocenters. The van der Waals surface area contributed by atoms with Crippen LogP contribution in [0.25, 0.3) is 0 Å². The first-order valence-electron chi connectivity index (χ1n) is 9.97. The SMILES string of the molecule is C=CCn1c(CN(CCOC)C(=O)CC(C)C)cnc1S(=O)(=O)Cc1ccccc1. The Labute approximate surface area is 179 Å². The molecule has 30 heavy (non-hydrogen) atoms. The van der Waals surface area contributed by atoms with Crippen molar-refractivity contribution in [2.45, 2.75) is 44.3 Å². The number of benzene rings is 1. The van der Waals surface area contributed by atoms with Crippen LogP contribution in [0, 0.1) is 5.92 Å². The summed E-state index contributed by atoms with van der Waals surface area (Å²) < 4.78 is 32.8. The summed E-state index contributed by atoms with van der Waals surface area (Å²) in [5.41, 5.74) is 1.34. The summed E-state index contributed by atoms with van der Waals surface area (Å²) in [4.78, 5) is 18.6. The van der Waals surface area contributed by atoms with Gasteiger partial charge in [0.15, 0.2) is 0 Å². The molecule has 0 aliphatic carbocycles. The molecule has 8 heteroatoms. The molecule has 0 atom stereocenters. The number of nitrogens with zero attached hydrogens (tertiary/aromatic N) is 3. The monoisotopic (exact) mass is 433 g/mol. The number of hydrogen-bond donors (Lipinski definition) is 0. The fourth-order valence-electron chi connectivity index (χ4n) is 3.12. The number of carbonyl (C=O) groups excluding carboxylic acids is 1. The van der Waals surface area contributed by atoms with Crippen molar-refractivity contribution in [3.05, 3.63) is 60.4 Å². The number of allylic oxidation sites excluding steroid dienone is 1. The first-order valence-corrected chi connectivity index (χ1v) is 11.6. The summed E-state index contributed by atoms with van der Waals surface area (Å²) in [6.07, 6.45) is 3.57. The lowest BCUT2D eigenvalue weighted by Crippen LogP contribution is -2.35. The minimum absolute atomic E-state index is 0.00194. The Bertz CT molecular complexity index is 937. The second-order valence-corrected chi connectivity index (χ2v) is 9.47. The van der Waals surface area contributed by atoms with Gasteiger partial charge in [-0.25, -0.2) is 13.4 Å². The molecule has 1 aromatic carbocycles. The second-order valence-electron chi connectivity index (χ2n) is 7.58. The summed E-state index contributed by atoms with van der Waals surface area (Å²) in [5.74, 6) is 0.0886. The Morgan fingerprint density at radius 3 is 2.60 bits per heavy atom. The first-order chi connectivity index (χ1) is 14.3. The molecule has 0 bridgehead atoms. The van der Waals surface area contributed by atoms with Crippen LogP contribution in [0.3, 0.4) is 0 Å². The maximum atomic E-state index is 13.0. The van der Waals surface area contributed by atoms with Gasteiger partial charge in [-0.05, 0) is 11.5 Å².